The number of hydrogen-bond donors (Lipinski definition) is 1. The standard InChI is InChI=1S/C19H18ClN3OS.BrH/c1-3-24-17-10-6-15(7-11-17)18-13(2)25-19(22-18)23-21-12-14-4-8-16(20)9-5-14;/h4-12H,3H2,1-2H3,(H,22,23);1H/p-1/b21-12+;. The number of nitrogens with zero attached hydrogens (tertiary/aromatic N) is 2. The van der Waals surface area contributed by atoms with E-state index in [1.54, 1.807) is 17.6 Å². The van der Waals surface area contributed by atoms with Gasteiger partial charge in [0.2, 0.25) is 5.13 Å². The quantitative estimate of drug-likeness (QED) is 0.463. The minimum atomic E-state index is 0. The largest absolute Gasteiger partial charge is 1.00 e. The van der Waals surface area contributed by atoms with E-state index in [0.29, 0.717) is 11.6 Å². The SMILES string of the molecule is CCOc1ccc(-c2nc(N/N=C/c3ccc(Cl)cc3)sc2C)cc1.[Br-]. The van der Waals surface area contributed by atoms with Gasteiger partial charge in [-0.1, -0.05) is 23.7 Å². The van der Waals surface area contributed by atoms with E-state index in [1.165, 1.54) is 0 Å². The summed E-state index contributed by atoms with van der Waals surface area (Å²) in [5.74, 6) is 0.866. The van der Waals surface area contributed by atoms with E-state index < -0.39 is 0 Å². The van der Waals surface area contributed by atoms with E-state index in [1.807, 2.05) is 55.5 Å². The van der Waals surface area contributed by atoms with Crippen molar-refractivity contribution in [3.8, 4) is 17.0 Å². The fourth-order valence-corrected chi connectivity index (χ4v) is 3.21. The zero-order chi connectivity index (χ0) is 17.6. The molecule has 4 nitrogen and oxygen atoms in total. The van der Waals surface area contributed by atoms with Crippen LogP contribution in [0.2, 0.25) is 5.02 Å². The van der Waals surface area contributed by atoms with Gasteiger partial charge in [-0.15, -0.1) is 11.3 Å². The number of benzene rings is 2. The molecule has 0 saturated heterocycles. The number of thiazole rings is 1. The van der Waals surface area contributed by atoms with Crippen molar-refractivity contribution in [2.24, 2.45) is 5.10 Å². The fraction of sp³-hybridized carbons (Fsp3) is 0.158. The first-order chi connectivity index (χ1) is 12.2. The average Bonchev–Trinajstić information content (AvgIpc) is 2.98. The molecule has 0 saturated carbocycles. The molecule has 7 heteroatoms. The van der Waals surface area contributed by atoms with Crippen LogP contribution in [-0.4, -0.2) is 17.8 Å². The van der Waals surface area contributed by atoms with Crippen LogP contribution in [0.15, 0.2) is 53.6 Å². The highest BCUT2D eigenvalue weighted by Crippen LogP contribution is 2.31. The summed E-state index contributed by atoms with van der Waals surface area (Å²) in [7, 11) is 0. The van der Waals surface area contributed by atoms with Crippen LogP contribution in [0.3, 0.4) is 0 Å². The Balaban J connectivity index is 0.00000243. The smallest absolute Gasteiger partial charge is 0.204 e. The maximum absolute atomic E-state index is 5.87. The van der Waals surface area contributed by atoms with Crippen molar-refractivity contribution in [1.82, 2.24) is 4.98 Å². The van der Waals surface area contributed by atoms with Crippen molar-refractivity contribution in [2.45, 2.75) is 13.8 Å². The van der Waals surface area contributed by atoms with Crippen LogP contribution >= 0.6 is 22.9 Å². The lowest BCUT2D eigenvalue weighted by Gasteiger charge is -2.03. The second kappa shape index (κ2) is 9.71. The van der Waals surface area contributed by atoms with Gasteiger partial charge in [0.25, 0.3) is 0 Å². The van der Waals surface area contributed by atoms with Crippen molar-refractivity contribution in [2.75, 3.05) is 12.0 Å². The molecule has 0 fully saturated rings. The van der Waals surface area contributed by atoms with Crippen LogP contribution < -0.4 is 27.1 Å². The minimum Gasteiger partial charge on any atom is -1.00 e. The Morgan fingerprint density at radius 3 is 2.50 bits per heavy atom. The van der Waals surface area contributed by atoms with E-state index in [2.05, 4.69) is 22.4 Å². The lowest BCUT2D eigenvalue weighted by molar-refractivity contribution is -0.00000548. The number of rotatable bonds is 6. The van der Waals surface area contributed by atoms with Crippen LogP contribution in [0.5, 0.6) is 5.75 Å². The first-order valence-corrected chi connectivity index (χ1v) is 9.10. The number of halogens is 2. The second-order valence-electron chi connectivity index (χ2n) is 5.30. The zero-order valence-electron chi connectivity index (χ0n) is 14.4. The maximum Gasteiger partial charge on any atom is 0.204 e. The minimum absolute atomic E-state index is 0. The highest BCUT2D eigenvalue weighted by molar-refractivity contribution is 7.15. The molecule has 0 radical (unpaired) electrons. The average molecular weight is 452 g/mol. The number of aromatic nitrogens is 1. The van der Waals surface area contributed by atoms with E-state index in [0.717, 1.165) is 32.6 Å². The van der Waals surface area contributed by atoms with Crippen molar-refractivity contribution >= 4 is 34.3 Å². The topological polar surface area (TPSA) is 46.5 Å². The lowest BCUT2D eigenvalue weighted by atomic mass is 10.1. The maximum atomic E-state index is 5.87. The Morgan fingerprint density at radius 1 is 1.15 bits per heavy atom. The van der Waals surface area contributed by atoms with Crippen molar-refractivity contribution < 1.29 is 21.7 Å². The van der Waals surface area contributed by atoms with Gasteiger partial charge in [-0.05, 0) is 55.8 Å². The number of hydrazone groups is 1. The summed E-state index contributed by atoms with van der Waals surface area (Å²) in [6, 6.07) is 15.5. The third-order valence-electron chi connectivity index (χ3n) is 3.48. The van der Waals surface area contributed by atoms with Gasteiger partial charge in [-0.25, -0.2) is 4.98 Å². The summed E-state index contributed by atoms with van der Waals surface area (Å²) < 4.78 is 5.48. The molecule has 1 heterocycles. The van der Waals surface area contributed by atoms with Gasteiger partial charge in [0, 0.05) is 15.5 Å². The second-order valence-corrected chi connectivity index (χ2v) is 6.94. The molecule has 26 heavy (non-hydrogen) atoms. The number of aryl methyl sites for hydroxylation is 1. The van der Waals surface area contributed by atoms with Crippen LogP contribution in [0.1, 0.15) is 17.4 Å². The molecule has 3 rings (SSSR count). The number of anilines is 1. The van der Waals surface area contributed by atoms with Crippen LogP contribution in [-0.2, 0) is 0 Å². The number of hydrogen-bond acceptors (Lipinski definition) is 5. The van der Waals surface area contributed by atoms with Crippen LogP contribution in [0.25, 0.3) is 11.3 Å². The highest BCUT2D eigenvalue weighted by atomic mass is 79.9. The van der Waals surface area contributed by atoms with E-state index in [-0.39, 0.29) is 17.0 Å². The molecular formula is C19H18BrClN3OS-. The Kier molecular flexibility index (Phi) is 7.63. The molecule has 136 valence electrons. The number of nitrogens with one attached hydrogen (secondary N) is 1. The predicted molar refractivity (Wildman–Crippen MR) is 106 cm³/mol. The molecule has 0 aliphatic rings. The summed E-state index contributed by atoms with van der Waals surface area (Å²) in [6.07, 6.45) is 1.74. The fourth-order valence-electron chi connectivity index (χ4n) is 2.30. The van der Waals surface area contributed by atoms with Gasteiger partial charge in [-0.2, -0.15) is 5.10 Å². The van der Waals surface area contributed by atoms with Gasteiger partial charge >= 0.3 is 0 Å². The molecule has 0 spiro atoms. The summed E-state index contributed by atoms with van der Waals surface area (Å²) in [5, 5.41) is 5.70. The van der Waals surface area contributed by atoms with Crippen LogP contribution in [0.4, 0.5) is 5.13 Å². The molecule has 0 unspecified atom stereocenters. The lowest BCUT2D eigenvalue weighted by Crippen LogP contribution is -3.00. The summed E-state index contributed by atoms with van der Waals surface area (Å²) >= 11 is 7.44. The van der Waals surface area contributed by atoms with Crippen molar-refractivity contribution in [3.63, 3.8) is 0 Å². The number of ether oxygens (including phenoxy) is 1. The first-order valence-electron chi connectivity index (χ1n) is 7.91. The summed E-state index contributed by atoms with van der Waals surface area (Å²) in [6.45, 7) is 4.69. The Labute approximate surface area is 172 Å². The van der Waals surface area contributed by atoms with Gasteiger partial charge in [0.15, 0.2) is 0 Å². The molecule has 0 bridgehead atoms. The highest BCUT2D eigenvalue weighted by Gasteiger charge is 2.09. The monoisotopic (exact) mass is 450 g/mol. The third-order valence-corrected chi connectivity index (χ3v) is 4.61. The van der Waals surface area contributed by atoms with Gasteiger partial charge in [-0.3, -0.25) is 5.43 Å². The van der Waals surface area contributed by atoms with E-state index >= 15 is 0 Å². The molecule has 0 aliphatic carbocycles. The van der Waals surface area contributed by atoms with Crippen LogP contribution in [0, 0.1) is 6.92 Å². The molecule has 1 N–H and O–H groups in total. The van der Waals surface area contributed by atoms with E-state index in [4.69, 9.17) is 16.3 Å². The van der Waals surface area contributed by atoms with Gasteiger partial charge < -0.3 is 21.7 Å². The molecule has 0 atom stereocenters. The molecular weight excluding hydrogens is 434 g/mol. The molecule has 1 aromatic heterocycles. The van der Waals surface area contributed by atoms with Crippen molar-refractivity contribution in [1.29, 1.82) is 0 Å². The predicted octanol–water partition coefficient (Wildman–Crippen LogP) is 2.62. The molecule has 2 aromatic carbocycles. The first kappa shape index (κ1) is 20.4. The summed E-state index contributed by atoms with van der Waals surface area (Å²) in [5.41, 5.74) is 5.98. The zero-order valence-corrected chi connectivity index (χ0v) is 17.5. The van der Waals surface area contributed by atoms with E-state index in [9.17, 15) is 0 Å². The molecule has 0 amide bonds. The molecule has 3 aromatic rings. The summed E-state index contributed by atoms with van der Waals surface area (Å²) in [4.78, 5) is 5.77. The Hall–Kier alpha value is -1.89. The molecule has 0 aliphatic heterocycles. The van der Waals surface area contributed by atoms with Gasteiger partial charge in [0.05, 0.1) is 18.5 Å². The Morgan fingerprint density at radius 2 is 1.85 bits per heavy atom. The third kappa shape index (κ3) is 5.30. The van der Waals surface area contributed by atoms with Gasteiger partial charge in [0.1, 0.15) is 5.75 Å². The van der Waals surface area contributed by atoms with Crippen molar-refractivity contribution in [3.05, 3.63) is 64.0 Å². The normalized spacial score (nSPS) is 10.6. The Bertz CT molecular complexity index is 863.